The van der Waals surface area contributed by atoms with Gasteiger partial charge in [0.05, 0.1) is 19.0 Å². The van der Waals surface area contributed by atoms with Crippen molar-refractivity contribution in [1.82, 2.24) is 15.4 Å². The van der Waals surface area contributed by atoms with Crippen molar-refractivity contribution in [3.8, 4) is 5.75 Å². The van der Waals surface area contributed by atoms with Crippen LogP contribution in [0.5, 0.6) is 5.75 Å². The third kappa shape index (κ3) is 2.77. The molecular formula is C12H14ClN3O. The highest BCUT2D eigenvalue weighted by Crippen LogP contribution is 2.29. The molecule has 0 bridgehead atoms. The SMILES string of the molecule is COc1ccc(C(C)Cc2cn[nH]n2)c(Cl)c1. The van der Waals surface area contributed by atoms with E-state index in [-0.39, 0.29) is 0 Å². The Bertz CT molecular complexity index is 485. The number of nitrogens with zero attached hydrogens (tertiary/aromatic N) is 2. The summed E-state index contributed by atoms with van der Waals surface area (Å²) in [5.41, 5.74) is 2.03. The Kier molecular flexibility index (Phi) is 3.64. The minimum absolute atomic E-state index is 0.290. The number of methoxy groups -OCH3 is 1. The number of benzene rings is 1. The summed E-state index contributed by atoms with van der Waals surface area (Å²) >= 11 is 6.22. The molecule has 4 nitrogen and oxygen atoms in total. The number of aromatic nitrogens is 3. The number of aromatic amines is 1. The van der Waals surface area contributed by atoms with Crippen LogP contribution in [0.3, 0.4) is 0 Å². The second-order valence-electron chi connectivity index (χ2n) is 3.95. The molecule has 0 radical (unpaired) electrons. The zero-order chi connectivity index (χ0) is 12.3. The molecule has 1 aromatic carbocycles. The molecule has 0 saturated heterocycles. The molecule has 0 amide bonds. The molecule has 0 spiro atoms. The minimum atomic E-state index is 0.290. The molecule has 1 aromatic heterocycles. The zero-order valence-electron chi connectivity index (χ0n) is 9.77. The maximum atomic E-state index is 6.22. The van der Waals surface area contributed by atoms with Crippen LogP contribution in [0.1, 0.15) is 24.1 Å². The smallest absolute Gasteiger partial charge is 0.120 e. The van der Waals surface area contributed by atoms with E-state index in [1.165, 1.54) is 0 Å². The molecule has 2 aromatic rings. The van der Waals surface area contributed by atoms with Crippen LogP contribution in [-0.4, -0.2) is 22.5 Å². The van der Waals surface area contributed by atoms with Crippen LogP contribution in [-0.2, 0) is 6.42 Å². The summed E-state index contributed by atoms with van der Waals surface area (Å²) < 4.78 is 5.12. The van der Waals surface area contributed by atoms with Crippen LogP contribution in [0.4, 0.5) is 0 Å². The summed E-state index contributed by atoms with van der Waals surface area (Å²) in [6.45, 7) is 2.11. The van der Waals surface area contributed by atoms with Crippen molar-refractivity contribution in [3.05, 3.63) is 40.7 Å². The van der Waals surface area contributed by atoms with E-state index in [4.69, 9.17) is 16.3 Å². The van der Waals surface area contributed by atoms with E-state index in [1.54, 1.807) is 13.3 Å². The summed E-state index contributed by atoms with van der Waals surface area (Å²) in [5.74, 6) is 1.06. The first-order valence-corrected chi connectivity index (χ1v) is 5.76. The van der Waals surface area contributed by atoms with Gasteiger partial charge in [0.25, 0.3) is 0 Å². The lowest BCUT2D eigenvalue weighted by molar-refractivity contribution is 0.414. The Balaban J connectivity index is 2.16. The van der Waals surface area contributed by atoms with E-state index in [9.17, 15) is 0 Å². The molecule has 1 heterocycles. The Labute approximate surface area is 105 Å². The molecule has 90 valence electrons. The van der Waals surface area contributed by atoms with E-state index < -0.39 is 0 Å². The lowest BCUT2D eigenvalue weighted by Gasteiger charge is -2.13. The predicted octanol–water partition coefficient (Wildman–Crippen LogP) is 2.81. The third-order valence-electron chi connectivity index (χ3n) is 2.72. The van der Waals surface area contributed by atoms with Crippen molar-refractivity contribution in [2.75, 3.05) is 7.11 Å². The fraction of sp³-hybridized carbons (Fsp3) is 0.333. The standard InChI is InChI=1S/C12H14ClN3O/c1-8(5-9-7-14-16-15-9)11-4-3-10(17-2)6-12(11)13/h3-4,6-8H,5H2,1-2H3,(H,14,15,16). The van der Waals surface area contributed by atoms with Crippen LogP contribution in [0.2, 0.25) is 5.02 Å². The highest BCUT2D eigenvalue weighted by Gasteiger charge is 2.12. The lowest BCUT2D eigenvalue weighted by atomic mass is 9.96. The van der Waals surface area contributed by atoms with E-state index >= 15 is 0 Å². The van der Waals surface area contributed by atoms with Crippen LogP contribution >= 0.6 is 11.6 Å². The van der Waals surface area contributed by atoms with Gasteiger partial charge in [0.15, 0.2) is 0 Å². The molecule has 0 saturated carbocycles. The van der Waals surface area contributed by atoms with Gasteiger partial charge >= 0.3 is 0 Å². The highest BCUT2D eigenvalue weighted by atomic mass is 35.5. The predicted molar refractivity (Wildman–Crippen MR) is 66.5 cm³/mol. The average molecular weight is 252 g/mol. The lowest BCUT2D eigenvalue weighted by Crippen LogP contribution is -2.00. The van der Waals surface area contributed by atoms with Crippen molar-refractivity contribution < 1.29 is 4.74 Å². The number of nitrogens with one attached hydrogen (secondary N) is 1. The quantitative estimate of drug-likeness (QED) is 0.909. The summed E-state index contributed by atoms with van der Waals surface area (Å²) in [4.78, 5) is 0. The van der Waals surface area contributed by atoms with Gasteiger partial charge in [-0.3, -0.25) is 0 Å². The number of halogens is 1. The average Bonchev–Trinajstić information content (AvgIpc) is 2.81. The van der Waals surface area contributed by atoms with Gasteiger partial charge in [-0.15, -0.1) is 0 Å². The number of hydrogen-bond acceptors (Lipinski definition) is 3. The van der Waals surface area contributed by atoms with E-state index in [2.05, 4.69) is 22.3 Å². The maximum absolute atomic E-state index is 6.22. The Morgan fingerprint density at radius 1 is 1.47 bits per heavy atom. The van der Waals surface area contributed by atoms with Crippen LogP contribution < -0.4 is 4.74 Å². The largest absolute Gasteiger partial charge is 0.497 e. The minimum Gasteiger partial charge on any atom is -0.497 e. The third-order valence-corrected chi connectivity index (χ3v) is 3.05. The maximum Gasteiger partial charge on any atom is 0.120 e. The molecule has 0 aliphatic rings. The Hall–Kier alpha value is -1.55. The number of H-pyrrole nitrogens is 1. The Morgan fingerprint density at radius 2 is 2.29 bits per heavy atom. The molecule has 2 rings (SSSR count). The highest BCUT2D eigenvalue weighted by molar-refractivity contribution is 6.31. The van der Waals surface area contributed by atoms with Crippen LogP contribution in [0.15, 0.2) is 24.4 Å². The van der Waals surface area contributed by atoms with Crippen molar-refractivity contribution in [2.45, 2.75) is 19.3 Å². The van der Waals surface area contributed by atoms with Crippen molar-refractivity contribution in [2.24, 2.45) is 0 Å². The second-order valence-corrected chi connectivity index (χ2v) is 4.36. The van der Waals surface area contributed by atoms with Crippen molar-refractivity contribution in [1.29, 1.82) is 0 Å². The second kappa shape index (κ2) is 5.19. The first kappa shape index (κ1) is 11.9. The van der Waals surface area contributed by atoms with Gasteiger partial charge in [-0.2, -0.15) is 15.4 Å². The summed E-state index contributed by atoms with van der Waals surface area (Å²) in [5, 5.41) is 11.2. The van der Waals surface area contributed by atoms with Gasteiger partial charge in [0.2, 0.25) is 0 Å². The van der Waals surface area contributed by atoms with Crippen molar-refractivity contribution >= 4 is 11.6 Å². The first-order chi connectivity index (χ1) is 8.20. The van der Waals surface area contributed by atoms with Crippen LogP contribution in [0, 0.1) is 0 Å². The molecule has 0 aliphatic heterocycles. The molecule has 0 aliphatic carbocycles. The molecule has 0 fully saturated rings. The van der Waals surface area contributed by atoms with Gasteiger partial charge in [-0.1, -0.05) is 24.6 Å². The van der Waals surface area contributed by atoms with Crippen LogP contribution in [0.25, 0.3) is 0 Å². The van der Waals surface area contributed by atoms with E-state index in [0.717, 1.165) is 28.5 Å². The zero-order valence-corrected chi connectivity index (χ0v) is 10.5. The number of ether oxygens (including phenoxy) is 1. The summed E-state index contributed by atoms with van der Waals surface area (Å²) in [6.07, 6.45) is 2.54. The molecule has 1 atom stereocenters. The normalized spacial score (nSPS) is 12.4. The molecule has 5 heteroatoms. The van der Waals surface area contributed by atoms with Gasteiger partial charge in [-0.05, 0) is 30.0 Å². The van der Waals surface area contributed by atoms with Crippen molar-refractivity contribution in [3.63, 3.8) is 0 Å². The van der Waals surface area contributed by atoms with E-state index in [1.807, 2.05) is 18.2 Å². The monoisotopic (exact) mass is 251 g/mol. The molecular weight excluding hydrogens is 238 g/mol. The summed E-state index contributed by atoms with van der Waals surface area (Å²) in [6, 6.07) is 5.74. The van der Waals surface area contributed by atoms with Gasteiger partial charge in [0, 0.05) is 5.02 Å². The van der Waals surface area contributed by atoms with Gasteiger partial charge < -0.3 is 4.74 Å². The fourth-order valence-electron chi connectivity index (χ4n) is 1.78. The molecule has 1 N–H and O–H groups in total. The molecule has 1 unspecified atom stereocenters. The Morgan fingerprint density at radius 3 is 2.88 bits per heavy atom. The number of rotatable bonds is 4. The first-order valence-electron chi connectivity index (χ1n) is 5.38. The van der Waals surface area contributed by atoms with Gasteiger partial charge in [0.1, 0.15) is 5.75 Å². The topological polar surface area (TPSA) is 50.8 Å². The summed E-state index contributed by atoms with van der Waals surface area (Å²) in [7, 11) is 1.63. The van der Waals surface area contributed by atoms with E-state index in [0.29, 0.717) is 5.92 Å². The molecule has 17 heavy (non-hydrogen) atoms. The number of hydrogen-bond donors (Lipinski definition) is 1. The fourth-order valence-corrected chi connectivity index (χ4v) is 2.14. The van der Waals surface area contributed by atoms with Gasteiger partial charge in [-0.25, -0.2) is 0 Å².